The van der Waals surface area contributed by atoms with Crippen LogP contribution in [0.15, 0.2) is 29.3 Å². The number of nitrogens with zero attached hydrogens (tertiary/aromatic N) is 1. The Morgan fingerprint density at radius 2 is 2.04 bits per heavy atom. The van der Waals surface area contributed by atoms with Gasteiger partial charge >= 0.3 is 0 Å². The molecule has 0 atom stereocenters. The lowest BCUT2D eigenvalue weighted by molar-refractivity contribution is 0.0963. The van der Waals surface area contributed by atoms with Crippen molar-refractivity contribution in [3.8, 4) is 0 Å². The van der Waals surface area contributed by atoms with Crippen LogP contribution in [-0.4, -0.2) is 51.8 Å². The Balaban J connectivity index is 2.38. The number of benzene rings is 1. The number of guanidine groups is 1. The summed E-state index contributed by atoms with van der Waals surface area (Å²) in [4.78, 5) is 16.2. The molecular weight excluding hydrogens is 328 g/mol. The molecule has 6 nitrogen and oxygen atoms in total. The van der Waals surface area contributed by atoms with Gasteiger partial charge in [-0.05, 0) is 43.4 Å². The molecule has 3 N–H and O–H groups in total. The van der Waals surface area contributed by atoms with Crippen molar-refractivity contribution in [1.29, 1.82) is 0 Å². The highest BCUT2D eigenvalue weighted by Gasteiger charge is 2.04. The van der Waals surface area contributed by atoms with Gasteiger partial charge in [-0.3, -0.25) is 9.79 Å². The van der Waals surface area contributed by atoms with Crippen molar-refractivity contribution in [1.82, 2.24) is 16.0 Å². The fourth-order valence-electron chi connectivity index (χ4n) is 2.32. The number of carbonyl (C=O) groups excluding carboxylic acids is 1. The molecule has 0 spiro atoms. The number of nitrogens with one attached hydrogen (secondary N) is 3. The quantitative estimate of drug-likeness (QED) is 0.320. The first-order valence-corrected chi connectivity index (χ1v) is 9.47. The maximum absolute atomic E-state index is 11.7. The van der Waals surface area contributed by atoms with E-state index in [0.717, 1.165) is 44.1 Å². The van der Waals surface area contributed by atoms with Crippen LogP contribution in [0.3, 0.4) is 0 Å². The molecule has 0 saturated carbocycles. The van der Waals surface area contributed by atoms with Gasteiger partial charge in [0.05, 0.1) is 13.2 Å². The Labute approximate surface area is 157 Å². The van der Waals surface area contributed by atoms with Crippen molar-refractivity contribution < 1.29 is 9.53 Å². The second-order valence-corrected chi connectivity index (χ2v) is 6.51. The van der Waals surface area contributed by atoms with Gasteiger partial charge < -0.3 is 20.7 Å². The highest BCUT2D eigenvalue weighted by atomic mass is 16.5. The number of ether oxygens (including phenoxy) is 1. The second kappa shape index (κ2) is 13.2. The van der Waals surface area contributed by atoms with E-state index in [9.17, 15) is 4.79 Å². The number of rotatable bonds is 11. The molecule has 146 valence electrons. The molecule has 1 aromatic carbocycles. The monoisotopic (exact) mass is 362 g/mol. The molecule has 26 heavy (non-hydrogen) atoms. The largest absolute Gasteiger partial charge is 0.380 e. The van der Waals surface area contributed by atoms with E-state index in [4.69, 9.17) is 4.74 Å². The van der Waals surface area contributed by atoms with Gasteiger partial charge in [-0.2, -0.15) is 0 Å². The third-order valence-electron chi connectivity index (χ3n) is 3.81. The van der Waals surface area contributed by atoms with Crippen LogP contribution in [0.4, 0.5) is 0 Å². The number of hydrogen-bond acceptors (Lipinski definition) is 3. The van der Waals surface area contributed by atoms with E-state index in [0.29, 0.717) is 24.6 Å². The van der Waals surface area contributed by atoms with Crippen LogP contribution < -0.4 is 16.0 Å². The zero-order chi connectivity index (χ0) is 19.2. The van der Waals surface area contributed by atoms with E-state index < -0.39 is 0 Å². The van der Waals surface area contributed by atoms with Crippen LogP contribution in [0.2, 0.25) is 0 Å². The van der Waals surface area contributed by atoms with Crippen LogP contribution in [0, 0.1) is 5.92 Å². The Morgan fingerprint density at radius 3 is 2.73 bits per heavy atom. The van der Waals surface area contributed by atoms with Crippen molar-refractivity contribution in [2.24, 2.45) is 10.9 Å². The smallest absolute Gasteiger partial charge is 0.251 e. The van der Waals surface area contributed by atoms with E-state index in [-0.39, 0.29) is 5.91 Å². The average Bonchev–Trinajstić information content (AvgIpc) is 2.63. The zero-order valence-electron chi connectivity index (χ0n) is 16.6. The van der Waals surface area contributed by atoms with Gasteiger partial charge in [0.2, 0.25) is 0 Å². The van der Waals surface area contributed by atoms with Gasteiger partial charge in [0.25, 0.3) is 5.91 Å². The number of hydrogen-bond donors (Lipinski definition) is 3. The Hall–Kier alpha value is -2.08. The van der Waals surface area contributed by atoms with Crippen LogP contribution in [-0.2, 0) is 11.2 Å². The second-order valence-electron chi connectivity index (χ2n) is 6.51. The number of amides is 1. The van der Waals surface area contributed by atoms with Gasteiger partial charge in [-0.25, -0.2) is 0 Å². The summed E-state index contributed by atoms with van der Waals surface area (Å²) >= 11 is 0. The van der Waals surface area contributed by atoms with Gasteiger partial charge in [0, 0.05) is 32.3 Å². The van der Waals surface area contributed by atoms with Crippen LogP contribution in [0.25, 0.3) is 0 Å². The Kier molecular flexibility index (Phi) is 11.1. The first-order chi connectivity index (χ1) is 12.6. The summed E-state index contributed by atoms with van der Waals surface area (Å²) in [5.41, 5.74) is 1.80. The van der Waals surface area contributed by atoms with Crippen molar-refractivity contribution in [3.05, 3.63) is 35.4 Å². The molecule has 0 aliphatic rings. The normalized spacial score (nSPS) is 11.5. The van der Waals surface area contributed by atoms with Crippen LogP contribution >= 0.6 is 0 Å². The molecule has 0 bridgehead atoms. The standard InChI is InChI=1S/C20H34N4O2/c1-5-22-20(24-12-14-26-13-10-16(2)3)23-11-9-17-7-6-8-18(15-17)19(25)21-4/h6-8,15-16H,5,9-14H2,1-4H3,(H,21,25)(H2,22,23,24). The summed E-state index contributed by atoms with van der Waals surface area (Å²) in [6, 6.07) is 7.68. The molecular formula is C20H34N4O2. The first-order valence-electron chi connectivity index (χ1n) is 9.47. The maximum atomic E-state index is 11.7. The summed E-state index contributed by atoms with van der Waals surface area (Å²) in [6.45, 7) is 10.1. The molecule has 1 aromatic rings. The highest BCUT2D eigenvalue weighted by molar-refractivity contribution is 5.94. The minimum absolute atomic E-state index is 0.0628. The molecule has 0 aliphatic heterocycles. The van der Waals surface area contributed by atoms with E-state index in [1.807, 2.05) is 31.2 Å². The fourth-order valence-corrected chi connectivity index (χ4v) is 2.32. The molecule has 0 fully saturated rings. The fraction of sp³-hybridized carbons (Fsp3) is 0.600. The summed E-state index contributed by atoms with van der Waals surface area (Å²) in [6.07, 6.45) is 1.90. The lowest BCUT2D eigenvalue weighted by Crippen LogP contribution is -2.38. The summed E-state index contributed by atoms with van der Waals surface area (Å²) in [7, 11) is 1.64. The summed E-state index contributed by atoms with van der Waals surface area (Å²) < 4.78 is 5.59. The molecule has 1 rings (SSSR count). The molecule has 0 heterocycles. The van der Waals surface area contributed by atoms with E-state index >= 15 is 0 Å². The molecule has 0 aromatic heterocycles. The molecule has 0 radical (unpaired) electrons. The molecule has 6 heteroatoms. The van der Waals surface area contributed by atoms with E-state index in [2.05, 4.69) is 34.8 Å². The van der Waals surface area contributed by atoms with E-state index in [1.165, 1.54) is 0 Å². The highest BCUT2D eigenvalue weighted by Crippen LogP contribution is 2.05. The lowest BCUT2D eigenvalue weighted by Gasteiger charge is -2.12. The Morgan fingerprint density at radius 1 is 1.23 bits per heavy atom. The summed E-state index contributed by atoms with van der Waals surface area (Å²) in [5, 5.41) is 9.21. The zero-order valence-corrected chi connectivity index (χ0v) is 16.6. The summed E-state index contributed by atoms with van der Waals surface area (Å²) in [5.74, 6) is 1.40. The third-order valence-corrected chi connectivity index (χ3v) is 3.81. The minimum Gasteiger partial charge on any atom is -0.380 e. The van der Waals surface area contributed by atoms with Crippen molar-refractivity contribution >= 4 is 11.9 Å². The van der Waals surface area contributed by atoms with Gasteiger partial charge in [-0.1, -0.05) is 26.0 Å². The molecule has 0 aliphatic carbocycles. The number of aliphatic imine (C=N–C) groups is 1. The predicted octanol–water partition coefficient (Wildman–Crippen LogP) is 2.21. The van der Waals surface area contributed by atoms with Crippen LogP contribution in [0.1, 0.15) is 43.1 Å². The van der Waals surface area contributed by atoms with Crippen molar-refractivity contribution in [3.63, 3.8) is 0 Å². The van der Waals surface area contributed by atoms with Crippen molar-refractivity contribution in [2.45, 2.75) is 33.6 Å². The van der Waals surface area contributed by atoms with Crippen LogP contribution in [0.5, 0.6) is 0 Å². The Bertz CT molecular complexity index is 558. The molecule has 0 saturated heterocycles. The average molecular weight is 363 g/mol. The lowest BCUT2D eigenvalue weighted by atomic mass is 10.1. The van der Waals surface area contributed by atoms with E-state index in [1.54, 1.807) is 7.05 Å². The topological polar surface area (TPSA) is 74.8 Å². The van der Waals surface area contributed by atoms with Gasteiger partial charge in [0.1, 0.15) is 0 Å². The molecule has 1 amide bonds. The van der Waals surface area contributed by atoms with Gasteiger partial charge in [-0.15, -0.1) is 0 Å². The SMILES string of the molecule is CCNC(=NCCOCCC(C)C)NCCc1cccc(C(=O)NC)c1. The maximum Gasteiger partial charge on any atom is 0.251 e. The third kappa shape index (κ3) is 9.42. The number of carbonyl (C=O) groups is 1. The predicted molar refractivity (Wildman–Crippen MR) is 108 cm³/mol. The minimum atomic E-state index is -0.0628. The first kappa shape index (κ1) is 22.0. The van der Waals surface area contributed by atoms with Crippen molar-refractivity contribution in [2.75, 3.05) is 39.9 Å². The van der Waals surface area contributed by atoms with Gasteiger partial charge in [0.15, 0.2) is 5.96 Å². The molecule has 0 unspecified atom stereocenters.